The van der Waals surface area contributed by atoms with Crippen LogP contribution in [-0.2, 0) is 10.7 Å². The zero-order valence-corrected chi connectivity index (χ0v) is 21.6. The van der Waals surface area contributed by atoms with E-state index >= 15 is 4.39 Å². The summed E-state index contributed by atoms with van der Waals surface area (Å²) in [5.41, 5.74) is -2.70. The van der Waals surface area contributed by atoms with E-state index in [-0.39, 0.29) is 11.7 Å². The molecule has 200 valence electrons. The van der Waals surface area contributed by atoms with Crippen molar-refractivity contribution < 1.29 is 32.5 Å². The van der Waals surface area contributed by atoms with Crippen molar-refractivity contribution in [3.8, 4) is 11.5 Å². The van der Waals surface area contributed by atoms with Gasteiger partial charge in [0.2, 0.25) is 0 Å². The number of hydrogen-bond acceptors (Lipinski definition) is 7. The number of nitrogens with zero attached hydrogens (tertiary/aromatic N) is 2. The number of aryl methyl sites for hydroxylation is 1. The van der Waals surface area contributed by atoms with Gasteiger partial charge in [0.25, 0.3) is 0 Å². The molecule has 0 spiro atoms. The molecular formula is C27H32F3N3O4. The van der Waals surface area contributed by atoms with Gasteiger partial charge in [0.15, 0.2) is 11.5 Å². The van der Waals surface area contributed by atoms with E-state index in [0.717, 1.165) is 32.8 Å². The lowest BCUT2D eigenvalue weighted by Gasteiger charge is -2.30. The molecule has 1 atom stereocenters. The van der Waals surface area contributed by atoms with Crippen LogP contribution in [-0.4, -0.2) is 47.1 Å². The highest BCUT2D eigenvalue weighted by atomic mass is 19.3. The highest BCUT2D eigenvalue weighted by Crippen LogP contribution is 2.42. The second-order valence-electron chi connectivity index (χ2n) is 9.80. The molecule has 0 radical (unpaired) electrons. The number of nitrogens with one attached hydrogen (secondary N) is 1. The van der Waals surface area contributed by atoms with Crippen LogP contribution < -0.4 is 14.8 Å². The van der Waals surface area contributed by atoms with E-state index in [1.807, 2.05) is 0 Å². The SMILES string of the molecule is COCCOc1cc2c(N[C@H](C)c3cccc(C(F)(F)C(C)(C)O)c3F)nc(C)nc2cc1OC1CC1. The van der Waals surface area contributed by atoms with Crippen molar-refractivity contribution in [1.29, 1.82) is 0 Å². The molecule has 37 heavy (non-hydrogen) atoms. The fourth-order valence-corrected chi connectivity index (χ4v) is 3.91. The number of hydrogen-bond donors (Lipinski definition) is 2. The third-order valence-electron chi connectivity index (χ3n) is 6.19. The predicted molar refractivity (Wildman–Crippen MR) is 134 cm³/mol. The first-order chi connectivity index (χ1) is 17.4. The maximum absolute atomic E-state index is 15.3. The Morgan fingerprint density at radius 1 is 1.14 bits per heavy atom. The van der Waals surface area contributed by atoms with Crippen molar-refractivity contribution in [2.24, 2.45) is 0 Å². The van der Waals surface area contributed by atoms with Crippen LogP contribution >= 0.6 is 0 Å². The van der Waals surface area contributed by atoms with E-state index in [2.05, 4.69) is 15.3 Å². The largest absolute Gasteiger partial charge is 0.487 e. The normalized spacial score (nSPS) is 15.1. The van der Waals surface area contributed by atoms with Crippen LogP contribution in [0.3, 0.4) is 0 Å². The standard InChI is InChI=1S/C27H32F3N3O4/c1-15(18-7-6-8-20(24(18)28)27(29,30)26(3,4)34)31-25-19-13-22(36-12-11-35-5)23(37-17-9-10-17)14-21(19)32-16(2)33-25/h6-8,13-15,17,34H,9-12H2,1-5H3,(H,31,32,33)/t15-/m1/s1. The van der Waals surface area contributed by atoms with Gasteiger partial charge in [-0.2, -0.15) is 8.78 Å². The molecule has 3 aromatic rings. The number of halogens is 3. The van der Waals surface area contributed by atoms with Crippen molar-refractivity contribution in [2.75, 3.05) is 25.6 Å². The van der Waals surface area contributed by atoms with Crippen molar-refractivity contribution in [3.05, 3.63) is 53.1 Å². The number of aromatic nitrogens is 2. The summed E-state index contributed by atoms with van der Waals surface area (Å²) in [6.07, 6.45) is 2.08. The minimum Gasteiger partial charge on any atom is -0.487 e. The van der Waals surface area contributed by atoms with Gasteiger partial charge < -0.3 is 24.6 Å². The highest BCUT2D eigenvalue weighted by molar-refractivity contribution is 5.92. The summed E-state index contributed by atoms with van der Waals surface area (Å²) in [4.78, 5) is 9.01. The van der Waals surface area contributed by atoms with Gasteiger partial charge in [0.1, 0.15) is 29.7 Å². The topological polar surface area (TPSA) is 85.7 Å². The van der Waals surface area contributed by atoms with Gasteiger partial charge in [-0.05, 0) is 52.7 Å². The van der Waals surface area contributed by atoms with Crippen LogP contribution in [0.2, 0.25) is 0 Å². The molecule has 0 aliphatic heterocycles. The maximum Gasteiger partial charge on any atom is 0.303 e. The van der Waals surface area contributed by atoms with Gasteiger partial charge in [-0.25, -0.2) is 14.4 Å². The molecule has 0 saturated heterocycles. The molecule has 4 rings (SSSR count). The Bertz CT molecular complexity index is 1280. The van der Waals surface area contributed by atoms with E-state index in [0.29, 0.717) is 47.3 Å². The van der Waals surface area contributed by atoms with Gasteiger partial charge in [-0.3, -0.25) is 0 Å². The number of aliphatic hydroxyl groups is 1. The van der Waals surface area contributed by atoms with Crippen LogP contribution in [0, 0.1) is 12.7 Å². The summed E-state index contributed by atoms with van der Waals surface area (Å²) in [6.45, 7) is 5.97. The third kappa shape index (κ3) is 5.75. The lowest BCUT2D eigenvalue weighted by atomic mass is 9.91. The average Bonchev–Trinajstić information content (AvgIpc) is 3.63. The minimum atomic E-state index is -3.79. The van der Waals surface area contributed by atoms with Crippen LogP contribution in [0.4, 0.5) is 19.0 Å². The van der Waals surface area contributed by atoms with Crippen LogP contribution in [0.25, 0.3) is 10.9 Å². The number of anilines is 1. The smallest absolute Gasteiger partial charge is 0.303 e. The Balaban J connectivity index is 1.71. The van der Waals surface area contributed by atoms with Gasteiger partial charge in [0, 0.05) is 24.1 Å². The van der Waals surface area contributed by atoms with Crippen molar-refractivity contribution in [1.82, 2.24) is 9.97 Å². The Kier molecular flexibility index (Phi) is 7.52. The molecule has 7 nitrogen and oxygen atoms in total. The van der Waals surface area contributed by atoms with E-state index in [1.165, 1.54) is 12.1 Å². The number of ether oxygens (including phenoxy) is 3. The molecule has 0 unspecified atom stereocenters. The second kappa shape index (κ2) is 10.3. The zero-order valence-electron chi connectivity index (χ0n) is 21.6. The molecule has 1 aromatic heterocycles. The predicted octanol–water partition coefficient (Wildman–Crippen LogP) is 5.68. The van der Waals surface area contributed by atoms with E-state index < -0.39 is 28.9 Å². The molecule has 0 bridgehead atoms. The van der Waals surface area contributed by atoms with Crippen molar-refractivity contribution in [2.45, 2.75) is 64.2 Å². The highest BCUT2D eigenvalue weighted by Gasteiger charge is 2.49. The lowest BCUT2D eigenvalue weighted by Crippen LogP contribution is -2.41. The fraction of sp³-hybridized carbons (Fsp3) is 0.481. The summed E-state index contributed by atoms with van der Waals surface area (Å²) < 4.78 is 61.9. The van der Waals surface area contributed by atoms with Crippen molar-refractivity contribution >= 4 is 16.7 Å². The second-order valence-corrected chi connectivity index (χ2v) is 9.80. The van der Waals surface area contributed by atoms with E-state index in [1.54, 1.807) is 33.1 Å². The molecule has 0 amide bonds. The first-order valence-corrected chi connectivity index (χ1v) is 12.2. The lowest BCUT2D eigenvalue weighted by molar-refractivity contribution is -0.170. The molecule has 10 heteroatoms. The summed E-state index contributed by atoms with van der Waals surface area (Å²) in [5, 5.41) is 13.7. The molecular weight excluding hydrogens is 487 g/mol. The third-order valence-corrected chi connectivity index (χ3v) is 6.19. The summed E-state index contributed by atoms with van der Waals surface area (Å²) >= 11 is 0. The van der Waals surface area contributed by atoms with Crippen LogP contribution in [0.15, 0.2) is 30.3 Å². The summed E-state index contributed by atoms with van der Waals surface area (Å²) in [7, 11) is 1.58. The minimum absolute atomic E-state index is 0.0103. The number of alkyl halides is 2. The Morgan fingerprint density at radius 2 is 1.86 bits per heavy atom. The molecule has 1 saturated carbocycles. The van der Waals surface area contributed by atoms with E-state index in [9.17, 15) is 13.9 Å². The summed E-state index contributed by atoms with van der Waals surface area (Å²) in [5.74, 6) is -2.96. The van der Waals surface area contributed by atoms with Crippen molar-refractivity contribution in [3.63, 3.8) is 0 Å². The summed E-state index contributed by atoms with van der Waals surface area (Å²) in [6, 6.07) is 6.55. The first-order valence-electron chi connectivity index (χ1n) is 12.2. The quantitative estimate of drug-likeness (QED) is 0.315. The maximum atomic E-state index is 15.3. The number of methoxy groups -OCH3 is 1. The van der Waals surface area contributed by atoms with E-state index in [4.69, 9.17) is 14.2 Å². The molecule has 1 aliphatic carbocycles. The number of rotatable bonds is 11. The molecule has 2 N–H and O–H groups in total. The molecule has 1 heterocycles. The first kappa shape index (κ1) is 26.9. The zero-order chi connectivity index (χ0) is 27.0. The molecule has 1 aliphatic rings. The van der Waals surface area contributed by atoms with Gasteiger partial charge >= 0.3 is 5.92 Å². The fourth-order valence-electron chi connectivity index (χ4n) is 3.91. The monoisotopic (exact) mass is 519 g/mol. The molecule has 1 fully saturated rings. The number of benzene rings is 2. The Morgan fingerprint density at radius 3 is 2.51 bits per heavy atom. The molecule has 2 aromatic carbocycles. The van der Waals surface area contributed by atoms with Crippen LogP contribution in [0.5, 0.6) is 11.5 Å². The number of fused-ring (bicyclic) bond motifs is 1. The van der Waals surface area contributed by atoms with Gasteiger partial charge in [-0.15, -0.1) is 0 Å². The van der Waals surface area contributed by atoms with Crippen LogP contribution in [0.1, 0.15) is 56.6 Å². The Hall–Kier alpha value is -3.11. The Labute approximate surface area is 214 Å². The van der Waals surface area contributed by atoms with Gasteiger partial charge in [0.05, 0.1) is 29.8 Å². The average molecular weight is 520 g/mol. The van der Waals surface area contributed by atoms with Gasteiger partial charge in [-0.1, -0.05) is 12.1 Å².